The van der Waals surface area contributed by atoms with Crippen molar-refractivity contribution in [1.82, 2.24) is 0 Å². The number of unbranched alkanes of at least 4 members (excludes halogenated alkanes) is 1. The number of rotatable bonds is 5. The molecule has 0 radical (unpaired) electrons. The lowest BCUT2D eigenvalue weighted by Gasteiger charge is -2.13. The topological polar surface area (TPSA) is 56.9 Å². The van der Waals surface area contributed by atoms with Crippen LogP contribution in [0.4, 0.5) is 0 Å². The molecule has 3 nitrogen and oxygen atoms in total. The van der Waals surface area contributed by atoms with Gasteiger partial charge in [-0.05, 0) is 29.7 Å². The summed E-state index contributed by atoms with van der Waals surface area (Å²) in [7, 11) is 0. The van der Waals surface area contributed by atoms with Crippen LogP contribution in [0.25, 0.3) is 6.08 Å². The number of ether oxygens (including phenoxy) is 1. The fraction of sp³-hybridized carbons (Fsp3) is 0.333. The van der Waals surface area contributed by atoms with Gasteiger partial charge in [-0.25, -0.2) is 0 Å². The summed E-state index contributed by atoms with van der Waals surface area (Å²) in [6.07, 6.45) is 7.15. The second kappa shape index (κ2) is 7.44. The van der Waals surface area contributed by atoms with E-state index in [0.717, 1.165) is 36.3 Å². The summed E-state index contributed by atoms with van der Waals surface area (Å²) in [6.45, 7) is 2.89. The maximum atomic E-state index is 9.14. The highest BCUT2D eigenvalue weighted by atomic mass is 16.5. The number of nitrogens with zero attached hydrogens (tertiary/aromatic N) is 1. The fourth-order valence-corrected chi connectivity index (χ4v) is 2.20. The zero-order valence-corrected chi connectivity index (χ0v) is 12.4. The lowest BCUT2D eigenvalue weighted by molar-refractivity contribution is 0.309. The Balaban J connectivity index is 2.10. The van der Waals surface area contributed by atoms with Crippen LogP contribution in [0.3, 0.4) is 0 Å². The maximum absolute atomic E-state index is 9.14. The van der Waals surface area contributed by atoms with Crippen molar-refractivity contribution in [2.75, 3.05) is 6.61 Å². The van der Waals surface area contributed by atoms with Gasteiger partial charge in [-0.2, -0.15) is 5.26 Å². The molecule has 0 aromatic heterocycles. The van der Waals surface area contributed by atoms with Crippen molar-refractivity contribution in [2.45, 2.75) is 32.6 Å². The minimum absolute atomic E-state index is 0.564. The molecule has 0 atom stereocenters. The third kappa shape index (κ3) is 4.32. The quantitative estimate of drug-likeness (QED) is 0.806. The van der Waals surface area contributed by atoms with Crippen LogP contribution in [0, 0.1) is 16.7 Å². The molecule has 1 aliphatic carbocycles. The van der Waals surface area contributed by atoms with Gasteiger partial charge in [-0.3, -0.25) is 0 Å². The van der Waals surface area contributed by atoms with Crippen LogP contribution in [0.5, 0.6) is 5.75 Å². The Morgan fingerprint density at radius 1 is 1.33 bits per heavy atom. The summed E-state index contributed by atoms with van der Waals surface area (Å²) < 4.78 is 5.63. The predicted octanol–water partition coefficient (Wildman–Crippen LogP) is 4.51. The number of hydrogen-bond acceptors (Lipinski definition) is 3. The lowest BCUT2D eigenvalue weighted by Crippen LogP contribution is -2.05. The lowest BCUT2D eigenvalue weighted by atomic mass is 9.91. The van der Waals surface area contributed by atoms with E-state index in [-0.39, 0.29) is 0 Å². The number of nitriles is 1. The molecule has 3 heteroatoms. The van der Waals surface area contributed by atoms with E-state index >= 15 is 0 Å². The van der Waals surface area contributed by atoms with Crippen molar-refractivity contribution in [1.29, 1.82) is 10.7 Å². The van der Waals surface area contributed by atoms with Crippen LogP contribution in [0.1, 0.15) is 38.2 Å². The van der Waals surface area contributed by atoms with E-state index in [1.807, 2.05) is 36.4 Å². The van der Waals surface area contributed by atoms with Crippen molar-refractivity contribution in [3.63, 3.8) is 0 Å². The molecule has 21 heavy (non-hydrogen) atoms. The minimum atomic E-state index is 0.564. The molecule has 0 saturated heterocycles. The van der Waals surface area contributed by atoms with Crippen LogP contribution in [0.2, 0.25) is 0 Å². The van der Waals surface area contributed by atoms with Gasteiger partial charge >= 0.3 is 0 Å². The van der Waals surface area contributed by atoms with E-state index in [4.69, 9.17) is 15.4 Å². The maximum Gasteiger partial charge on any atom is 0.119 e. The first-order chi connectivity index (χ1) is 10.2. The monoisotopic (exact) mass is 280 g/mol. The third-order valence-electron chi connectivity index (χ3n) is 3.41. The summed E-state index contributed by atoms with van der Waals surface area (Å²) >= 11 is 0. The predicted molar refractivity (Wildman–Crippen MR) is 85.5 cm³/mol. The Labute approximate surface area is 126 Å². The molecule has 0 saturated carbocycles. The van der Waals surface area contributed by atoms with Crippen molar-refractivity contribution < 1.29 is 4.74 Å². The van der Waals surface area contributed by atoms with Crippen molar-refractivity contribution in [3.05, 3.63) is 47.1 Å². The van der Waals surface area contributed by atoms with Gasteiger partial charge in [0.25, 0.3) is 0 Å². The third-order valence-corrected chi connectivity index (χ3v) is 3.41. The summed E-state index contributed by atoms with van der Waals surface area (Å²) in [5.74, 6) is 0.873. The van der Waals surface area contributed by atoms with Gasteiger partial charge in [0.15, 0.2) is 0 Å². The molecule has 0 amide bonds. The number of allylic oxidation sites excluding steroid dienone is 3. The molecule has 0 heterocycles. The van der Waals surface area contributed by atoms with Gasteiger partial charge < -0.3 is 10.1 Å². The molecule has 0 unspecified atom stereocenters. The van der Waals surface area contributed by atoms with E-state index in [1.165, 1.54) is 0 Å². The zero-order valence-electron chi connectivity index (χ0n) is 12.4. The number of nitrogens with one attached hydrogen (secondary N) is 1. The standard InChI is InChI=1S/C18H20N2O/c1-2-3-10-21-18-8-4-14(5-9-18)11-16-12-17(20)7-6-15(16)13-19/h4-6,8-9,11,20H,2-3,7,10,12H2,1H3. The Morgan fingerprint density at radius 2 is 2.10 bits per heavy atom. The van der Waals surface area contributed by atoms with E-state index in [2.05, 4.69) is 13.0 Å². The second-order valence-corrected chi connectivity index (χ2v) is 5.15. The van der Waals surface area contributed by atoms with Crippen molar-refractivity contribution in [3.8, 4) is 11.8 Å². The molecule has 0 fully saturated rings. The molecule has 1 aliphatic rings. The average molecular weight is 280 g/mol. The first-order valence-electron chi connectivity index (χ1n) is 7.33. The molecule has 2 rings (SSSR count). The van der Waals surface area contributed by atoms with E-state index in [1.54, 1.807) is 0 Å². The van der Waals surface area contributed by atoms with Crippen LogP contribution < -0.4 is 4.74 Å². The van der Waals surface area contributed by atoms with Crippen LogP contribution in [-0.2, 0) is 0 Å². The molecule has 0 bridgehead atoms. The first kappa shape index (κ1) is 15.1. The van der Waals surface area contributed by atoms with Gasteiger partial charge in [0, 0.05) is 18.6 Å². The van der Waals surface area contributed by atoms with E-state index in [9.17, 15) is 0 Å². The minimum Gasteiger partial charge on any atom is -0.494 e. The summed E-state index contributed by atoms with van der Waals surface area (Å²) in [6, 6.07) is 10.1. The van der Waals surface area contributed by atoms with Gasteiger partial charge in [0.05, 0.1) is 18.2 Å². The smallest absolute Gasteiger partial charge is 0.119 e. The molecule has 1 aromatic rings. The fourth-order valence-electron chi connectivity index (χ4n) is 2.20. The molecule has 1 aromatic carbocycles. The molecular formula is C18H20N2O. The zero-order chi connectivity index (χ0) is 15.1. The first-order valence-corrected chi connectivity index (χ1v) is 7.33. The normalized spacial score (nSPS) is 16.5. The largest absolute Gasteiger partial charge is 0.494 e. The highest BCUT2D eigenvalue weighted by Crippen LogP contribution is 2.24. The number of hydrogen-bond donors (Lipinski definition) is 1. The van der Waals surface area contributed by atoms with Gasteiger partial charge in [0.2, 0.25) is 0 Å². The van der Waals surface area contributed by atoms with Crippen LogP contribution in [-0.4, -0.2) is 12.3 Å². The van der Waals surface area contributed by atoms with E-state index < -0.39 is 0 Å². The van der Waals surface area contributed by atoms with Crippen LogP contribution >= 0.6 is 0 Å². The Bertz CT molecular complexity index is 603. The molecule has 0 aliphatic heterocycles. The van der Waals surface area contributed by atoms with Gasteiger partial charge in [0.1, 0.15) is 5.75 Å². The number of benzene rings is 1. The summed E-state index contributed by atoms with van der Waals surface area (Å²) in [5, 5.41) is 16.9. The SMILES string of the molecule is CCCCOc1ccc(C=C2CC(=N)CC=C2C#N)cc1. The Morgan fingerprint density at radius 3 is 2.76 bits per heavy atom. The average Bonchev–Trinajstić information content (AvgIpc) is 2.50. The molecule has 0 spiro atoms. The second-order valence-electron chi connectivity index (χ2n) is 5.15. The van der Waals surface area contributed by atoms with Gasteiger partial charge in [-0.1, -0.05) is 37.6 Å². The Kier molecular flexibility index (Phi) is 5.34. The van der Waals surface area contributed by atoms with Crippen LogP contribution in [0.15, 0.2) is 41.5 Å². The summed E-state index contributed by atoms with van der Waals surface area (Å²) in [5.41, 5.74) is 3.30. The Hall–Kier alpha value is -2.34. The van der Waals surface area contributed by atoms with Gasteiger partial charge in [-0.15, -0.1) is 0 Å². The highest BCUT2D eigenvalue weighted by molar-refractivity contribution is 5.90. The molecule has 108 valence electrons. The molecule has 1 N–H and O–H groups in total. The van der Waals surface area contributed by atoms with E-state index in [0.29, 0.717) is 24.1 Å². The van der Waals surface area contributed by atoms with Crippen molar-refractivity contribution >= 4 is 11.8 Å². The molecular weight excluding hydrogens is 260 g/mol. The van der Waals surface area contributed by atoms with Crippen molar-refractivity contribution in [2.24, 2.45) is 0 Å². The highest BCUT2D eigenvalue weighted by Gasteiger charge is 2.13. The summed E-state index contributed by atoms with van der Waals surface area (Å²) in [4.78, 5) is 0.